The van der Waals surface area contributed by atoms with Crippen LogP contribution in [0.5, 0.6) is 0 Å². The van der Waals surface area contributed by atoms with Gasteiger partial charge in [-0.05, 0) is 29.3 Å². The molecule has 0 amide bonds. The van der Waals surface area contributed by atoms with Crippen molar-refractivity contribution in [1.29, 1.82) is 5.26 Å². The molecular weight excluding hydrogens is 238 g/mol. The number of hydrogen-bond donors (Lipinski definition) is 0. The highest BCUT2D eigenvalue weighted by Gasteiger charge is 2.26. The number of ether oxygens (including phenoxy) is 1. The van der Waals surface area contributed by atoms with Crippen molar-refractivity contribution in [2.75, 3.05) is 0 Å². The van der Waals surface area contributed by atoms with E-state index in [1.54, 1.807) is 18.2 Å². The molecule has 2 aromatic carbocycles. The molecule has 1 aliphatic heterocycles. The highest BCUT2D eigenvalue weighted by Crippen LogP contribution is 2.30. The maximum atomic E-state index is 11.9. The lowest BCUT2D eigenvalue weighted by molar-refractivity contribution is 0.0253. The van der Waals surface area contributed by atoms with Crippen LogP contribution in [0.2, 0.25) is 0 Å². The minimum Gasteiger partial charge on any atom is -0.454 e. The molecule has 0 unspecified atom stereocenters. The summed E-state index contributed by atoms with van der Waals surface area (Å²) in [6.07, 6.45) is 0.406. The zero-order chi connectivity index (χ0) is 13.2. The lowest BCUT2D eigenvalue weighted by Gasteiger charge is -2.24. The number of esters is 1. The van der Waals surface area contributed by atoms with Crippen LogP contribution in [0, 0.1) is 11.3 Å². The van der Waals surface area contributed by atoms with E-state index in [0.29, 0.717) is 17.5 Å². The fraction of sp³-hybridized carbons (Fsp3) is 0.125. The third kappa shape index (κ3) is 2.09. The third-order valence-electron chi connectivity index (χ3n) is 3.30. The highest BCUT2D eigenvalue weighted by molar-refractivity contribution is 5.92. The summed E-state index contributed by atoms with van der Waals surface area (Å²) in [7, 11) is 0. The van der Waals surface area contributed by atoms with Crippen molar-refractivity contribution in [3.63, 3.8) is 0 Å². The van der Waals surface area contributed by atoms with Crippen molar-refractivity contribution in [3.8, 4) is 6.07 Å². The fourth-order valence-corrected chi connectivity index (χ4v) is 2.29. The number of nitriles is 1. The number of hydrogen-bond acceptors (Lipinski definition) is 3. The van der Waals surface area contributed by atoms with Crippen LogP contribution in [0.4, 0.5) is 0 Å². The Morgan fingerprint density at radius 2 is 1.84 bits per heavy atom. The smallest absolute Gasteiger partial charge is 0.339 e. The van der Waals surface area contributed by atoms with E-state index in [9.17, 15) is 4.79 Å². The van der Waals surface area contributed by atoms with Crippen molar-refractivity contribution < 1.29 is 9.53 Å². The van der Waals surface area contributed by atoms with E-state index >= 15 is 0 Å². The van der Waals surface area contributed by atoms with Crippen LogP contribution in [0.15, 0.2) is 48.5 Å². The molecule has 3 heteroatoms. The molecule has 0 spiro atoms. The lowest BCUT2D eigenvalue weighted by atomic mass is 9.94. The Hall–Kier alpha value is -2.60. The molecule has 0 fully saturated rings. The Kier molecular flexibility index (Phi) is 2.77. The molecule has 19 heavy (non-hydrogen) atoms. The summed E-state index contributed by atoms with van der Waals surface area (Å²) in [5.74, 6) is -0.281. The molecule has 1 heterocycles. The van der Waals surface area contributed by atoms with Gasteiger partial charge < -0.3 is 4.74 Å². The van der Waals surface area contributed by atoms with Gasteiger partial charge in [0.15, 0.2) is 0 Å². The molecule has 1 aliphatic rings. The Balaban J connectivity index is 1.92. The number of cyclic esters (lactones) is 1. The number of fused-ring (bicyclic) bond motifs is 1. The number of benzene rings is 2. The quantitative estimate of drug-likeness (QED) is 0.730. The Bertz CT molecular complexity index is 668. The van der Waals surface area contributed by atoms with E-state index in [-0.39, 0.29) is 12.1 Å². The average Bonchev–Trinajstić information content (AvgIpc) is 2.47. The van der Waals surface area contributed by atoms with E-state index in [1.165, 1.54) is 0 Å². The Morgan fingerprint density at radius 1 is 1.11 bits per heavy atom. The molecule has 3 rings (SSSR count). The topological polar surface area (TPSA) is 50.1 Å². The first-order valence-corrected chi connectivity index (χ1v) is 6.07. The molecule has 3 nitrogen and oxygen atoms in total. The molecule has 0 bridgehead atoms. The maximum Gasteiger partial charge on any atom is 0.339 e. The SMILES string of the molecule is N#Cc1ccc([C@H]2Cc3ccccc3C(=O)O2)cc1. The monoisotopic (exact) mass is 249 g/mol. The van der Waals surface area contributed by atoms with Gasteiger partial charge in [0.1, 0.15) is 6.10 Å². The number of carbonyl (C=O) groups excluding carboxylic acids is 1. The van der Waals surface area contributed by atoms with Crippen LogP contribution in [0.25, 0.3) is 0 Å². The fourth-order valence-electron chi connectivity index (χ4n) is 2.29. The van der Waals surface area contributed by atoms with Crippen molar-refractivity contribution in [3.05, 3.63) is 70.8 Å². The first kappa shape index (κ1) is 11.5. The summed E-state index contributed by atoms with van der Waals surface area (Å²) in [4.78, 5) is 11.9. The lowest BCUT2D eigenvalue weighted by Crippen LogP contribution is -2.21. The number of carbonyl (C=O) groups is 1. The normalized spacial score (nSPS) is 17.2. The van der Waals surface area contributed by atoms with Gasteiger partial charge in [-0.1, -0.05) is 30.3 Å². The molecule has 2 aromatic rings. The minimum atomic E-state index is -0.281. The van der Waals surface area contributed by atoms with Gasteiger partial charge in [0.2, 0.25) is 0 Å². The van der Waals surface area contributed by atoms with Gasteiger partial charge in [-0.25, -0.2) is 4.79 Å². The molecular formula is C16H11NO2. The predicted molar refractivity (Wildman–Crippen MR) is 69.5 cm³/mol. The van der Waals surface area contributed by atoms with E-state index in [1.807, 2.05) is 30.3 Å². The minimum absolute atomic E-state index is 0.268. The summed E-state index contributed by atoms with van der Waals surface area (Å²) in [6.45, 7) is 0. The highest BCUT2D eigenvalue weighted by atomic mass is 16.5. The van der Waals surface area contributed by atoms with Crippen molar-refractivity contribution in [2.24, 2.45) is 0 Å². The first-order chi connectivity index (χ1) is 9.28. The van der Waals surface area contributed by atoms with E-state index < -0.39 is 0 Å². The van der Waals surface area contributed by atoms with Crippen molar-refractivity contribution in [2.45, 2.75) is 12.5 Å². The number of nitrogens with zero attached hydrogens (tertiary/aromatic N) is 1. The molecule has 0 aromatic heterocycles. The van der Waals surface area contributed by atoms with Crippen LogP contribution in [0.1, 0.15) is 33.2 Å². The van der Waals surface area contributed by atoms with Gasteiger partial charge >= 0.3 is 5.97 Å². The Morgan fingerprint density at radius 3 is 2.58 bits per heavy atom. The molecule has 0 radical (unpaired) electrons. The van der Waals surface area contributed by atoms with Crippen LogP contribution in [0.3, 0.4) is 0 Å². The van der Waals surface area contributed by atoms with E-state index in [2.05, 4.69) is 6.07 Å². The van der Waals surface area contributed by atoms with Gasteiger partial charge in [0.25, 0.3) is 0 Å². The van der Waals surface area contributed by atoms with Crippen LogP contribution < -0.4 is 0 Å². The second-order valence-electron chi connectivity index (χ2n) is 4.49. The van der Waals surface area contributed by atoms with Crippen LogP contribution in [-0.4, -0.2) is 5.97 Å². The van der Waals surface area contributed by atoms with Crippen molar-refractivity contribution >= 4 is 5.97 Å². The molecule has 0 N–H and O–H groups in total. The maximum absolute atomic E-state index is 11.9. The predicted octanol–water partition coefficient (Wildman–Crippen LogP) is 3.01. The summed E-state index contributed by atoms with van der Waals surface area (Å²) in [5.41, 5.74) is 3.17. The van der Waals surface area contributed by atoms with E-state index in [0.717, 1.165) is 11.1 Å². The summed E-state index contributed by atoms with van der Waals surface area (Å²) in [5, 5.41) is 8.78. The molecule has 0 saturated carbocycles. The largest absolute Gasteiger partial charge is 0.454 e. The van der Waals surface area contributed by atoms with Gasteiger partial charge in [-0.3, -0.25) is 0 Å². The second kappa shape index (κ2) is 4.58. The summed E-state index contributed by atoms with van der Waals surface area (Å²) in [6, 6.07) is 16.7. The van der Waals surface area contributed by atoms with Gasteiger partial charge in [0.05, 0.1) is 17.2 Å². The van der Waals surface area contributed by atoms with Gasteiger partial charge in [-0.2, -0.15) is 5.26 Å². The molecule has 1 atom stereocenters. The second-order valence-corrected chi connectivity index (χ2v) is 4.49. The Labute approximate surface area is 111 Å². The third-order valence-corrected chi connectivity index (χ3v) is 3.30. The van der Waals surface area contributed by atoms with Crippen molar-refractivity contribution in [1.82, 2.24) is 0 Å². The van der Waals surface area contributed by atoms with Gasteiger partial charge in [0, 0.05) is 6.42 Å². The van der Waals surface area contributed by atoms with Crippen LogP contribution >= 0.6 is 0 Å². The molecule has 92 valence electrons. The zero-order valence-corrected chi connectivity index (χ0v) is 10.2. The zero-order valence-electron chi connectivity index (χ0n) is 10.2. The first-order valence-electron chi connectivity index (χ1n) is 6.07. The van der Waals surface area contributed by atoms with E-state index in [4.69, 9.17) is 10.00 Å². The molecule has 0 aliphatic carbocycles. The number of rotatable bonds is 1. The summed E-state index contributed by atoms with van der Waals surface area (Å²) >= 11 is 0. The summed E-state index contributed by atoms with van der Waals surface area (Å²) < 4.78 is 5.45. The molecule has 0 saturated heterocycles. The van der Waals surface area contributed by atoms with Crippen LogP contribution in [-0.2, 0) is 11.2 Å². The average molecular weight is 249 g/mol. The van der Waals surface area contributed by atoms with Gasteiger partial charge in [-0.15, -0.1) is 0 Å². The standard InChI is InChI=1S/C16H11NO2/c17-10-11-5-7-12(8-6-11)15-9-13-3-1-2-4-14(13)16(18)19-15/h1-8,15H,9H2/t15-/m1/s1.